The summed E-state index contributed by atoms with van der Waals surface area (Å²) in [5.41, 5.74) is -0.214. The van der Waals surface area contributed by atoms with Crippen molar-refractivity contribution in [3.63, 3.8) is 0 Å². The SMILES string of the molecule is CSc1nn2c(=O)cc(CN3CCC4(CC3)C(=O)N(C)C(=O)N4C)nc2s1.O=CO. The normalized spacial score (nSPS) is 18.8. The molecule has 0 unspecified atom stereocenters. The van der Waals surface area contributed by atoms with Gasteiger partial charge in [-0.15, -0.1) is 5.10 Å². The molecule has 13 heteroatoms. The van der Waals surface area contributed by atoms with Crippen LogP contribution in [0.5, 0.6) is 0 Å². The summed E-state index contributed by atoms with van der Waals surface area (Å²) in [6, 6.07) is 1.27. The highest BCUT2D eigenvalue weighted by atomic mass is 32.2. The summed E-state index contributed by atoms with van der Waals surface area (Å²) < 4.78 is 2.13. The quantitative estimate of drug-likeness (QED) is 0.399. The molecular weight excluding hydrogens is 432 g/mol. The van der Waals surface area contributed by atoms with Crippen LogP contribution in [0.3, 0.4) is 0 Å². The van der Waals surface area contributed by atoms with Crippen LogP contribution in [0, 0.1) is 0 Å². The first-order valence-corrected chi connectivity index (χ1v) is 11.1. The molecule has 0 atom stereocenters. The Morgan fingerprint density at radius 1 is 1.27 bits per heavy atom. The second kappa shape index (κ2) is 8.70. The number of likely N-dealkylation sites (N-methyl/N-ethyl adjacent to an activating group) is 2. The largest absolute Gasteiger partial charge is 0.483 e. The number of likely N-dealkylation sites (tertiary alicyclic amines) is 1. The smallest absolute Gasteiger partial charge is 0.327 e. The van der Waals surface area contributed by atoms with E-state index in [0.717, 1.165) is 4.34 Å². The van der Waals surface area contributed by atoms with Crippen molar-refractivity contribution in [1.29, 1.82) is 0 Å². The maximum atomic E-state index is 12.6. The predicted octanol–water partition coefficient (Wildman–Crippen LogP) is 0.432. The van der Waals surface area contributed by atoms with Gasteiger partial charge in [-0.3, -0.25) is 24.2 Å². The van der Waals surface area contributed by atoms with E-state index in [1.807, 2.05) is 6.26 Å². The zero-order valence-corrected chi connectivity index (χ0v) is 18.4. The fourth-order valence-corrected chi connectivity index (χ4v) is 5.19. The summed E-state index contributed by atoms with van der Waals surface area (Å²) in [5.74, 6) is -0.123. The van der Waals surface area contributed by atoms with Gasteiger partial charge in [0.05, 0.1) is 5.69 Å². The number of hydrogen-bond donors (Lipinski definition) is 1. The molecule has 11 nitrogen and oxygen atoms in total. The number of imide groups is 1. The van der Waals surface area contributed by atoms with Crippen LogP contribution >= 0.6 is 23.1 Å². The van der Waals surface area contributed by atoms with Crippen LogP contribution in [0.2, 0.25) is 0 Å². The van der Waals surface area contributed by atoms with Crippen molar-refractivity contribution in [2.75, 3.05) is 33.4 Å². The Hall–Kier alpha value is -2.51. The van der Waals surface area contributed by atoms with E-state index in [4.69, 9.17) is 9.90 Å². The Labute approximate surface area is 180 Å². The lowest BCUT2D eigenvalue weighted by atomic mass is 9.86. The number of fused-ring (bicyclic) bond motifs is 1. The molecule has 4 heterocycles. The molecule has 30 heavy (non-hydrogen) atoms. The van der Waals surface area contributed by atoms with E-state index in [1.54, 1.807) is 11.9 Å². The molecular formula is C17H22N6O5S2. The number of nitrogens with zero attached hydrogens (tertiary/aromatic N) is 6. The minimum atomic E-state index is -0.732. The lowest BCUT2D eigenvalue weighted by molar-refractivity contribution is -0.134. The van der Waals surface area contributed by atoms with Crippen molar-refractivity contribution in [3.8, 4) is 0 Å². The van der Waals surface area contributed by atoms with Crippen LogP contribution < -0.4 is 5.56 Å². The Morgan fingerprint density at radius 3 is 2.43 bits per heavy atom. The molecule has 3 amide bonds. The van der Waals surface area contributed by atoms with Gasteiger partial charge >= 0.3 is 6.03 Å². The van der Waals surface area contributed by atoms with Crippen molar-refractivity contribution in [3.05, 3.63) is 22.1 Å². The van der Waals surface area contributed by atoms with E-state index in [1.165, 1.54) is 45.6 Å². The summed E-state index contributed by atoms with van der Waals surface area (Å²) >= 11 is 2.88. The summed E-state index contributed by atoms with van der Waals surface area (Å²) in [6.45, 7) is 1.62. The Balaban J connectivity index is 0.000000806. The highest BCUT2D eigenvalue weighted by Crippen LogP contribution is 2.35. The van der Waals surface area contributed by atoms with Crippen molar-refractivity contribution in [2.24, 2.45) is 0 Å². The van der Waals surface area contributed by atoms with Gasteiger partial charge in [0.1, 0.15) is 5.54 Å². The Bertz CT molecular complexity index is 1030. The van der Waals surface area contributed by atoms with Gasteiger partial charge in [-0.25, -0.2) is 9.78 Å². The topological polar surface area (TPSA) is 128 Å². The zero-order valence-electron chi connectivity index (χ0n) is 16.8. The molecule has 4 rings (SSSR count). The second-order valence-corrected chi connectivity index (χ2v) is 8.98. The monoisotopic (exact) mass is 454 g/mol. The third kappa shape index (κ3) is 3.79. The number of urea groups is 1. The second-order valence-electron chi connectivity index (χ2n) is 6.97. The van der Waals surface area contributed by atoms with Crippen molar-refractivity contribution >= 4 is 46.5 Å². The number of piperidine rings is 1. The molecule has 2 fully saturated rings. The first-order chi connectivity index (χ1) is 14.3. The predicted molar refractivity (Wildman–Crippen MR) is 111 cm³/mol. The van der Waals surface area contributed by atoms with Gasteiger partial charge in [-0.1, -0.05) is 23.1 Å². The fraction of sp³-hybridized carbons (Fsp3) is 0.529. The number of hydrogen-bond acceptors (Lipinski definition) is 9. The van der Waals surface area contributed by atoms with Gasteiger partial charge in [0, 0.05) is 39.8 Å². The molecule has 0 saturated carbocycles. The molecule has 2 aromatic heterocycles. The first-order valence-electron chi connectivity index (χ1n) is 9.07. The van der Waals surface area contributed by atoms with E-state index >= 15 is 0 Å². The minimum absolute atomic E-state index is 0.123. The lowest BCUT2D eigenvalue weighted by Gasteiger charge is -2.40. The van der Waals surface area contributed by atoms with Crippen LogP contribution in [0.25, 0.3) is 4.96 Å². The van der Waals surface area contributed by atoms with Crippen LogP contribution in [0.1, 0.15) is 18.5 Å². The minimum Gasteiger partial charge on any atom is -0.483 e. The number of rotatable bonds is 3. The standard InChI is InChI=1S/C16H20N6O3S2.CH2O2/c1-19-12(24)16(20(2)15(19)25)4-6-21(7-5-16)9-10-8-11(23)22-13(17-10)27-14(18-22)26-3;2-1-3/h8H,4-7,9H2,1-3H3;1H,(H,2,3). The van der Waals surface area contributed by atoms with Crippen LogP contribution in [-0.4, -0.2) is 91.8 Å². The van der Waals surface area contributed by atoms with Gasteiger partial charge in [0.15, 0.2) is 4.34 Å². The Kier molecular flexibility index (Phi) is 6.43. The molecule has 2 aromatic rings. The molecule has 162 valence electrons. The van der Waals surface area contributed by atoms with Gasteiger partial charge in [0.2, 0.25) is 4.96 Å². The number of amides is 3. The molecule has 2 aliphatic heterocycles. The van der Waals surface area contributed by atoms with Crippen LogP contribution in [0.4, 0.5) is 4.79 Å². The molecule has 0 bridgehead atoms. The zero-order chi connectivity index (χ0) is 22.1. The molecule has 2 aliphatic rings. The van der Waals surface area contributed by atoms with E-state index in [-0.39, 0.29) is 24.0 Å². The summed E-state index contributed by atoms with van der Waals surface area (Å²) in [7, 11) is 3.23. The highest BCUT2D eigenvalue weighted by Gasteiger charge is 2.55. The van der Waals surface area contributed by atoms with E-state index in [0.29, 0.717) is 43.1 Å². The first kappa shape index (κ1) is 22.2. The van der Waals surface area contributed by atoms with Gasteiger partial charge in [-0.05, 0) is 19.1 Å². The van der Waals surface area contributed by atoms with Gasteiger partial charge < -0.3 is 10.0 Å². The van der Waals surface area contributed by atoms with E-state index in [9.17, 15) is 14.4 Å². The summed E-state index contributed by atoms with van der Waals surface area (Å²) in [6.07, 6.45) is 3.07. The average Bonchev–Trinajstić information content (AvgIpc) is 3.22. The molecule has 1 N–H and O–H groups in total. The number of aromatic nitrogens is 3. The molecule has 0 aliphatic carbocycles. The van der Waals surface area contributed by atoms with Gasteiger partial charge in [-0.2, -0.15) is 4.52 Å². The summed E-state index contributed by atoms with van der Waals surface area (Å²) in [5, 5.41) is 11.1. The molecule has 1 spiro atoms. The fourth-order valence-electron chi connectivity index (χ4n) is 3.81. The third-order valence-corrected chi connectivity index (χ3v) is 7.33. The van der Waals surface area contributed by atoms with E-state index in [2.05, 4.69) is 15.0 Å². The summed E-state index contributed by atoms with van der Waals surface area (Å²) in [4.78, 5) is 55.4. The molecule has 0 aromatic carbocycles. The number of carboxylic acid groups (broad SMARTS) is 1. The Morgan fingerprint density at radius 2 is 1.90 bits per heavy atom. The molecule has 0 radical (unpaired) electrons. The van der Waals surface area contributed by atoms with Crippen LogP contribution in [-0.2, 0) is 16.1 Å². The molecule has 2 saturated heterocycles. The van der Waals surface area contributed by atoms with E-state index < -0.39 is 5.54 Å². The van der Waals surface area contributed by atoms with Crippen molar-refractivity contribution in [2.45, 2.75) is 29.3 Å². The lowest BCUT2D eigenvalue weighted by Crippen LogP contribution is -2.55. The van der Waals surface area contributed by atoms with Gasteiger partial charge in [0.25, 0.3) is 17.9 Å². The maximum Gasteiger partial charge on any atom is 0.327 e. The highest BCUT2D eigenvalue weighted by molar-refractivity contribution is 8.00. The average molecular weight is 455 g/mol. The maximum absolute atomic E-state index is 12.6. The number of thioether (sulfide) groups is 1. The number of carbonyl (C=O) groups excluding carboxylic acids is 2. The van der Waals surface area contributed by atoms with Crippen molar-refractivity contribution in [1.82, 2.24) is 29.3 Å². The van der Waals surface area contributed by atoms with Crippen LogP contribution in [0.15, 0.2) is 15.2 Å². The third-order valence-electron chi connectivity index (χ3n) is 5.44. The number of carbonyl (C=O) groups is 3. The van der Waals surface area contributed by atoms with Crippen molar-refractivity contribution < 1.29 is 19.5 Å².